The van der Waals surface area contributed by atoms with Crippen molar-refractivity contribution in [3.8, 4) is 0 Å². The molecule has 0 saturated carbocycles. The third-order valence-corrected chi connectivity index (χ3v) is 2.64. The van der Waals surface area contributed by atoms with Crippen molar-refractivity contribution in [2.45, 2.75) is 6.04 Å². The van der Waals surface area contributed by atoms with E-state index >= 15 is 0 Å². The van der Waals surface area contributed by atoms with Gasteiger partial charge in [0.1, 0.15) is 5.69 Å². The number of hydrogen-bond acceptors (Lipinski definition) is 3. The molecule has 0 fully saturated rings. The summed E-state index contributed by atoms with van der Waals surface area (Å²) in [6, 6.07) is 1.74. The van der Waals surface area contributed by atoms with Gasteiger partial charge in [0, 0.05) is 6.20 Å². The topological polar surface area (TPSA) is 78.0 Å². The van der Waals surface area contributed by atoms with E-state index in [4.69, 9.17) is 0 Å². The average Bonchev–Trinajstić information content (AvgIpc) is 2.95. The van der Waals surface area contributed by atoms with Crippen LogP contribution < -0.4 is 5.32 Å². The number of halogens is 3. The standard InChI is InChI=1S/C12H10F3N3O2/c13-7-3-6(4-8(14)11(7)15)10(5-19)17-12(20)9-1-2-16-18-9/h1-4,10,19H,5H2,(H,16,18)(H,17,20). The molecule has 5 nitrogen and oxygen atoms in total. The normalized spacial score (nSPS) is 12.2. The summed E-state index contributed by atoms with van der Waals surface area (Å²) < 4.78 is 39.1. The third kappa shape index (κ3) is 2.80. The van der Waals surface area contributed by atoms with Gasteiger partial charge in [-0.2, -0.15) is 5.10 Å². The molecule has 106 valence electrons. The second-order valence-electron chi connectivity index (χ2n) is 3.98. The number of rotatable bonds is 4. The molecule has 8 heteroatoms. The van der Waals surface area contributed by atoms with E-state index in [-0.39, 0.29) is 11.3 Å². The van der Waals surface area contributed by atoms with Gasteiger partial charge in [-0.15, -0.1) is 0 Å². The first-order valence-electron chi connectivity index (χ1n) is 5.58. The van der Waals surface area contributed by atoms with Gasteiger partial charge >= 0.3 is 0 Å². The van der Waals surface area contributed by atoms with Crippen LogP contribution in [-0.2, 0) is 0 Å². The zero-order valence-corrected chi connectivity index (χ0v) is 10.0. The summed E-state index contributed by atoms with van der Waals surface area (Å²) in [5, 5.41) is 17.5. The maximum absolute atomic E-state index is 13.1. The summed E-state index contributed by atoms with van der Waals surface area (Å²) in [5.41, 5.74) is 0.0308. The first kappa shape index (κ1) is 14.1. The Morgan fingerprint density at radius 3 is 2.50 bits per heavy atom. The molecule has 0 bridgehead atoms. The molecule has 3 N–H and O–H groups in total. The summed E-state index contributed by atoms with van der Waals surface area (Å²) in [5.74, 6) is -5.01. The van der Waals surface area contributed by atoms with Crippen molar-refractivity contribution in [1.82, 2.24) is 15.5 Å². The first-order chi connectivity index (χ1) is 9.52. The van der Waals surface area contributed by atoms with Crippen molar-refractivity contribution >= 4 is 5.91 Å². The number of hydrogen-bond donors (Lipinski definition) is 3. The quantitative estimate of drug-likeness (QED) is 0.741. The maximum Gasteiger partial charge on any atom is 0.269 e. The minimum Gasteiger partial charge on any atom is -0.394 e. The van der Waals surface area contributed by atoms with Crippen LogP contribution in [-0.4, -0.2) is 27.8 Å². The highest BCUT2D eigenvalue weighted by atomic mass is 19.2. The lowest BCUT2D eigenvalue weighted by molar-refractivity contribution is 0.0910. The van der Waals surface area contributed by atoms with Crippen LogP contribution in [0.1, 0.15) is 22.1 Å². The summed E-state index contributed by atoms with van der Waals surface area (Å²) in [6.07, 6.45) is 1.35. The van der Waals surface area contributed by atoms with Crippen molar-refractivity contribution in [2.24, 2.45) is 0 Å². The minimum atomic E-state index is -1.61. The molecule has 2 aromatic rings. The molecular weight excluding hydrogens is 275 g/mol. The summed E-state index contributed by atoms with van der Waals surface area (Å²) >= 11 is 0. The summed E-state index contributed by atoms with van der Waals surface area (Å²) in [7, 11) is 0. The number of carbonyl (C=O) groups excluding carboxylic acids is 1. The zero-order chi connectivity index (χ0) is 14.7. The number of aliphatic hydroxyl groups excluding tert-OH is 1. The smallest absolute Gasteiger partial charge is 0.269 e. The van der Waals surface area contributed by atoms with Gasteiger partial charge < -0.3 is 10.4 Å². The van der Waals surface area contributed by atoms with Crippen molar-refractivity contribution in [3.63, 3.8) is 0 Å². The van der Waals surface area contributed by atoms with Crippen molar-refractivity contribution in [2.75, 3.05) is 6.61 Å². The lowest BCUT2D eigenvalue weighted by atomic mass is 10.1. The van der Waals surface area contributed by atoms with E-state index in [1.54, 1.807) is 0 Å². The van der Waals surface area contributed by atoms with Crippen LogP contribution in [0.2, 0.25) is 0 Å². The fourth-order valence-electron chi connectivity index (χ4n) is 1.63. The highest BCUT2D eigenvalue weighted by molar-refractivity contribution is 5.92. The molecule has 0 aliphatic carbocycles. The largest absolute Gasteiger partial charge is 0.394 e. The monoisotopic (exact) mass is 285 g/mol. The molecule has 1 aromatic carbocycles. The van der Waals surface area contributed by atoms with E-state index in [1.807, 2.05) is 0 Å². The van der Waals surface area contributed by atoms with Gasteiger partial charge in [0.2, 0.25) is 0 Å². The Hall–Kier alpha value is -2.35. The average molecular weight is 285 g/mol. The van der Waals surface area contributed by atoms with E-state index in [9.17, 15) is 23.1 Å². The van der Waals surface area contributed by atoms with Crippen LogP contribution in [0.5, 0.6) is 0 Å². The molecular formula is C12H10F3N3O2. The predicted octanol–water partition coefficient (Wildman–Crippen LogP) is 1.29. The summed E-state index contributed by atoms with van der Waals surface area (Å²) in [4.78, 5) is 11.7. The third-order valence-electron chi connectivity index (χ3n) is 2.64. The molecule has 1 heterocycles. The number of aromatic amines is 1. The Bertz CT molecular complexity index is 593. The van der Waals surface area contributed by atoms with Crippen LogP contribution >= 0.6 is 0 Å². The molecule has 0 spiro atoms. The van der Waals surface area contributed by atoms with E-state index < -0.39 is 36.0 Å². The van der Waals surface area contributed by atoms with Crippen LogP contribution in [0.25, 0.3) is 0 Å². The molecule has 0 aliphatic heterocycles. The molecule has 1 amide bonds. The van der Waals surface area contributed by atoms with Gasteiger partial charge in [0.05, 0.1) is 12.6 Å². The van der Waals surface area contributed by atoms with Crippen molar-refractivity contribution < 1.29 is 23.1 Å². The number of carbonyl (C=O) groups is 1. The van der Waals surface area contributed by atoms with Crippen molar-refractivity contribution in [1.29, 1.82) is 0 Å². The Balaban J connectivity index is 2.22. The summed E-state index contributed by atoms with van der Waals surface area (Å²) in [6.45, 7) is -0.607. The van der Waals surface area contributed by atoms with Crippen LogP contribution in [0, 0.1) is 17.5 Å². The Kier molecular flexibility index (Phi) is 4.04. The van der Waals surface area contributed by atoms with Crippen LogP contribution in [0.3, 0.4) is 0 Å². The molecule has 0 aliphatic rings. The SMILES string of the molecule is O=C(NC(CO)c1cc(F)c(F)c(F)c1)c1ccn[nH]1. The maximum atomic E-state index is 13.1. The minimum absolute atomic E-state index is 0.0863. The Morgan fingerprint density at radius 2 is 2.00 bits per heavy atom. The van der Waals surface area contributed by atoms with Crippen LogP contribution in [0.4, 0.5) is 13.2 Å². The number of nitrogens with zero attached hydrogens (tertiary/aromatic N) is 1. The van der Waals surface area contributed by atoms with Gasteiger partial charge in [0.25, 0.3) is 5.91 Å². The van der Waals surface area contributed by atoms with Crippen LogP contribution in [0.15, 0.2) is 24.4 Å². The van der Waals surface area contributed by atoms with E-state index in [1.165, 1.54) is 12.3 Å². The molecule has 0 saturated heterocycles. The van der Waals surface area contributed by atoms with Gasteiger partial charge in [-0.3, -0.25) is 9.89 Å². The van der Waals surface area contributed by atoms with Gasteiger partial charge in [-0.05, 0) is 23.8 Å². The Labute approximate surface area is 111 Å². The molecule has 20 heavy (non-hydrogen) atoms. The number of aromatic nitrogens is 2. The predicted molar refractivity (Wildman–Crippen MR) is 62.2 cm³/mol. The highest BCUT2D eigenvalue weighted by Gasteiger charge is 2.19. The molecule has 0 radical (unpaired) electrons. The number of amides is 1. The fraction of sp³-hybridized carbons (Fsp3) is 0.167. The number of H-pyrrole nitrogens is 1. The molecule has 2 rings (SSSR count). The Morgan fingerprint density at radius 1 is 1.35 bits per heavy atom. The lowest BCUT2D eigenvalue weighted by Gasteiger charge is -2.16. The van der Waals surface area contributed by atoms with E-state index in [0.717, 1.165) is 0 Å². The number of nitrogens with one attached hydrogen (secondary N) is 2. The number of benzene rings is 1. The van der Waals surface area contributed by atoms with Gasteiger partial charge in [0.15, 0.2) is 17.5 Å². The first-order valence-corrected chi connectivity index (χ1v) is 5.58. The van der Waals surface area contributed by atoms with E-state index in [0.29, 0.717) is 12.1 Å². The van der Waals surface area contributed by atoms with Crippen molar-refractivity contribution in [3.05, 3.63) is 53.1 Å². The lowest BCUT2D eigenvalue weighted by Crippen LogP contribution is -2.31. The molecule has 1 unspecified atom stereocenters. The molecule has 1 atom stereocenters. The second kappa shape index (κ2) is 5.74. The van der Waals surface area contributed by atoms with E-state index in [2.05, 4.69) is 15.5 Å². The second-order valence-corrected chi connectivity index (χ2v) is 3.98. The van der Waals surface area contributed by atoms with Gasteiger partial charge in [-0.25, -0.2) is 13.2 Å². The number of aliphatic hydroxyl groups is 1. The fourth-order valence-corrected chi connectivity index (χ4v) is 1.63. The van der Waals surface area contributed by atoms with Gasteiger partial charge in [-0.1, -0.05) is 0 Å². The molecule has 1 aromatic heterocycles. The highest BCUT2D eigenvalue weighted by Crippen LogP contribution is 2.19. The zero-order valence-electron chi connectivity index (χ0n) is 10.0.